The van der Waals surface area contributed by atoms with Crippen LogP contribution in [0, 0.1) is 13.8 Å². The summed E-state index contributed by atoms with van der Waals surface area (Å²) in [6, 6.07) is 12.0. The standard InChI is InChI=1S/C20H27N3O3S/c1-4-27(25,26)22-12-10-21(11-13-22)15-20(24)19-14-16(2)23(17(19)3)18-8-6-5-7-9-18/h5-9,14H,4,10-13,15H2,1-3H3. The Kier molecular flexibility index (Phi) is 5.83. The predicted molar refractivity (Wildman–Crippen MR) is 107 cm³/mol. The van der Waals surface area contributed by atoms with E-state index in [2.05, 4.69) is 4.57 Å². The number of para-hydroxylation sites is 1. The van der Waals surface area contributed by atoms with Crippen LogP contribution in [-0.2, 0) is 10.0 Å². The fourth-order valence-corrected chi connectivity index (χ4v) is 4.74. The molecule has 1 saturated heterocycles. The molecule has 3 rings (SSSR count). The van der Waals surface area contributed by atoms with Crippen LogP contribution in [0.4, 0.5) is 0 Å². The number of carbonyl (C=O) groups is 1. The molecule has 27 heavy (non-hydrogen) atoms. The minimum absolute atomic E-state index is 0.0806. The van der Waals surface area contributed by atoms with Gasteiger partial charge in [0.2, 0.25) is 10.0 Å². The molecule has 146 valence electrons. The molecule has 2 aromatic rings. The molecule has 0 bridgehead atoms. The Balaban J connectivity index is 1.70. The van der Waals surface area contributed by atoms with E-state index in [0.717, 1.165) is 22.6 Å². The number of benzene rings is 1. The first kappa shape index (κ1) is 19.8. The second-order valence-electron chi connectivity index (χ2n) is 6.95. The van der Waals surface area contributed by atoms with Gasteiger partial charge in [-0.15, -0.1) is 0 Å². The van der Waals surface area contributed by atoms with Gasteiger partial charge in [0.1, 0.15) is 0 Å². The van der Waals surface area contributed by atoms with Crippen molar-refractivity contribution in [1.82, 2.24) is 13.8 Å². The van der Waals surface area contributed by atoms with Gasteiger partial charge in [-0.05, 0) is 39.0 Å². The zero-order valence-corrected chi connectivity index (χ0v) is 17.0. The zero-order chi connectivity index (χ0) is 19.6. The molecule has 0 unspecified atom stereocenters. The fourth-order valence-electron chi connectivity index (χ4n) is 3.66. The maximum atomic E-state index is 12.9. The molecule has 1 aromatic carbocycles. The van der Waals surface area contributed by atoms with Gasteiger partial charge in [0.25, 0.3) is 0 Å². The Hall–Kier alpha value is -1.96. The number of aryl methyl sites for hydroxylation is 1. The number of nitrogens with zero attached hydrogens (tertiary/aromatic N) is 3. The van der Waals surface area contributed by atoms with Crippen molar-refractivity contribution < 1.29 is 13.2 Å². The summed E-state index contributed by atoms with van der Waals surface area (Å²) >= 11 is 0. The third-order valence-electron chi connectivity index (χ3n) is 5.20. The third kappa shape index (κ3) is 4.15. The normalized spacial score (nSPS) is 16.6. The number of carbonyl (C=O) groups excluding carboxylic acids is 1. The molecule has 0 saturated carbocycles. The van der Waals surface area contributed by atoms with Crippen LogP contribution in [0.1, 0.15) is 28.7 Å². The molecule has 1 aliphatic rings. The van der Waals surface area contributed by atoms with E-state index in [-0.39, 0.29) is 11.5 Å². The molecule has 0 radical (unpaired) electrons. The molecular weight excluding hydrogens is 362 g/mol. The second kappa shape index (κ2) is 7.96. The van der Waals surface area contributed by atoms with Gasteiger partial charge < -0.3 is 4.57 Å². The molecule has 0 spiro atoms. The summed E-state index contributed by atoms with van der Waals surface area (Å²) in [6.45, 7) is 8.03. The zero-order valence-electron chi connectivity index (χ0n) is 16.2. The van der Waals surface area contributed by atoms with Crippen molar-refractivity contribution in [1.29, 1.82) is 0 Å². The minimum atomic E-state index is -3.15. The molecule has 0 aliphatic carbocycles. The largest absolute Gasteiger partial charge is 0.318 e. The van der Waals surface area contributed by atoms with Gasteiger partial charge in [0.15, 0.2) is 5.78 Å². The first-order valence-electron chi connectivity index (χ1n) is 9.31. The van der Waals surface area contributed by atoms with E-state index >= 15 is 0 Å². The lowest BCUT2D eigenvalue weighted by Crippen LogP contribution is -2.50. The van der Waals surface area contributed by atoms with Gasteiger partial charge in [-0.2, -0.15) is 4.31 Å². The lowest BCUT2D eigenvalue weighted by atomic mass is 10.1. The highest BCUT2D eigenvalue weighted by Gasteiger charge is 2.27. The lowest BCUT2D eigenvalue weighted by Gasteiger charge is -2.33. The summed E-state index contributed by atoms with van der Waals surface area (Å²) in [4.78, 5) is 14.9. The topological polar surface area (TPSA) is 62.6 Å². The third-order valence-corrected chi connectivity index (χ3v) is 7.08. The Morgan fingerprint density at radius 1 is 1.04 bits per heavy atom. The van der Waals surface area contributed by atoms with Crippen molar-refractivity contribution in [2.24, 2.45) is 0 Å². The van der Waals surface area contributed by atoms with E-state index in [0.29, 0.717) is 32.7 Å². The number of rotatable bonds is 6. The van der Waals surface area contributed by atoms with Crippen LogP contribution in [0.2, 0.25) is 0 Å². The molecule has 0 atom stereocenters. The molecule has 6 nitrogen and oxygen atoms in total. The molecule has 1 aliphatic heterocycles. The summed E-state index contributed by atoms with van der Waals surface area (Å²) in [5, 5.41) is 0. The van der Waals surface area contributed by atoms with Gasteiger partial charge in [-0.1, -0.05) is 18.2 Å². The maximum Gasteiger partial charge on any atom is 0.213 e. The number of Topliss-reactive ketones (excluding diaryl/α,β-unsaturated/α-hetero) is 1. The van der Waals surface area contributed by atoms with E-state index in [1.54, 1.807) is 6.92 Å². The van der Waals surface area contributed by atoms with Crippen LogP contribution in [0.3, 0.4) is 0 Å². The van der Waals surface area contributed by atoms with Crippen LogP contribution >= 0.6 is 0 Å². The number of ketones is 1. The van der Waals surface area contributed by atoms with Crippen molar-refractivity contribution >= 4 is 15.8 Å². The highest BCUT2D eigenvalue weighted by Crippen LogP contribution is 2.21. The van der Waals surface area contributed by atoms with E-state index < -0.39 is 10.0 Å². The first-order chi connectivity index (χ1) is 12.8. The Morgan fingerprint density at radius 3 is 2.26 bits per heavy atom. The van der Waals surface area contributed by atoms with Gasteiger partial charge in [0.05, 0.1) is 12.3 Å². The maximum absolute atomic E-state index is 12.9. The number of aromatic nitrogens is 1. The van der Waals surface area contributed by atoms with Crippen LogP contribution < -0.4 is 0 Å². The quantitative estimate of drug-likeness (QED) is 0.711. The average Bonchev–Trinajstić information content (AvgIpc) is 2.97. The van der Waals surface area contributed by atoms with Gasteiger partial charge in [0, 0.05) is 48.8 Å². The van der Waals surface area contributed by atoms with E-state index in [4.69, 9.17) is 0 Å². The fraction of sp³-hybridized carbons (Fsp3) is 0.450. The van der Waals surface area contributed by atoms with Crippen molar-refractivity contribution in [2.45, 2.75) is 20.8 Å². The number of hydrogen-bond acceptors (Lipinski definition) is 4. The van der Waals surface area contributed by atoms with Crippen LogP contribution in [0.15, 0.2) is 36.4 Å². The second-order valence-corrected chi connectivity index (χ2v) is 9.21. The van der Waals surface area contributed by atoms with Crippen LogP contribution in [0.5, 0.6) is 0 Å². The molecule has 0 amide bonds. The summed E-state index contributed by atoms with van der Waals surface area (Å²) in [5.74, 6) is 0.203. The summed E-state index contributed by atoms with van der Waals surface area (Å²) < 4.78 is 27.5. The highest BCUT2D eigenvalue weighted by atomic mass is 32.2. The van der Waals surface area contributed by atoms with Crippen LogP contribution in [-0.4, -0.2) is 66.4 Å². The average molecular weight is 390 g/mol. The minimum Gasteiger partial charge on any atom is -0.318 e. The van der Waals surface area contributed by atoms with Gasteiger partial charge in [-0.3, -0.25) is 9.69 Å². The number of piperazine rings is 1. The van der Waals surface area contributed by atoms with E-state index in [1.807, 2.05) is 55.1 Å². The van der Waals surface area contributed by atoms with Crippen molar-refractivity contribution in [3.63, 3.8) is 0 Å². The Labute approximate surface area is 161 Å². The summed E-state index contributed by atoms with van der Waals surface area (Å²) in [6.07, 6.45) is 0. The molecule has 1 aromatic heterocycles. The SMILES string of the molecule is CCS(=O)(=O)N1CCN(CC(=O)c2cc(C)n(-c3ccccc3)c2C)CC1. The lowest BCUT2D eigenvalue weighted by molar-refractivity contribution is 0.0901. The van der Waals surface area contributed by atoms with Gasteiger partial charge >= 0.3 is 0 Å². The molecule has 7 heteroatoms. The number of sulfonamides is 1. The van der Waals surface area contributed by atoms with Crippen molar-refractivity contribution in [2.75, 3.05) is 38.5 Å². The molecule has 1 fully saturated rings. The first-order valence-corrected chi connectivity index (χ1v) is 10.9. The molecule has 0 N–H and O–H groups in total. The smallest absolute Gasteiger partial charge is 0.213 e. The number of hydrogen-bond donors (Lipinski definition) is 0. The van der Waals surface area contributed by atoms with Crippen LogP contribution in [0.25, 0.3) is 5.69 Å². The highest BCUT2D eigenvalue weighted by molar-refractivity contribution is 7.89. The van der Waals surface area contributed by atoms with Crippen molar-refractivity contribution in [3.05, 3.63) is 53.3 Å². The van der Waals surface area contributed by atoms with Gasteiger partial charge in [-0.25, -0.2) is 8.42 Å². The van der Waals surface area contributed by atoms with E-state index in [9.17, 15) is 13.2 Å². The van der Waals surface area contributed by atoms with E-state index in [1.165, 1.54) is 4.31 Å². The summed E-state index contributed by atoms with van der Waals surface area (Å²) in [5.41, 5.74) is 3.75. The Morgan fingerprint density at radius 2 is 1.67 bits per heavy atom. The summed E-state index contributed by atoms with van der Waals surface area (Å²) in [7, 11) is -3.15. The molecule has 2 heterocycles. The Bertz CT molecular complexity index is 911. The van der Waals surface area contributed by atoms with Crippen molar-refractivity contribution in [3.8, 4) is 5.69 Å². The monoisotopic (exact) mass is 389 g/mol. The molecular formula is C20H27N3O3S. The predicted octanol–water partition coefficient (Wildman–Crippen LogP) is 2.24.